The van der Waals surface area contributed by atoms with Crippen LogP contribution in [0, 0.1) is 18.8 Å². The van der Waals surface area contributed by atoms with Crippen molar-refractivity contribution in [3.63, 3.8) is 0 Å². The lowest BCUT2D eigenvalue weighted by atomic mass is 9.98. The van der Waals surface area contributed by atoms with E-state index < -0.39 is 0 Å². The minimum absolute atomic E-state index is 0.414. The molecule has 0 spiro atoms. The number of hydrogen-bond donors (Lipinski definition) is 0. The van der Waals surface area contributed by atoms with E-state index in [1.54, 1.807) is 5.70 Å². The number of hydrogen-bond acceptors (Lipinski definition) is 2. The Labute approximate surface area is 176 Å². The van der Waals surface area contributed by atoms with E-state index in [-0.39, 0.29) is 0 Å². The van der Waals surface area contributed by atoms with Crippen molar-refractivity contribution >= 4 is 11.4 Å². The van der Waals surface area contributed by atoms with Gasteiger partial charge >= 0.3 is 0 Å². The predicted molar refractivity (Wildman–Crippen MR) is 123 cm³/mol. The highest BCUT2D eigenvalue weighted by Crippen LogP contribution is 2.49. The van der Waals surface area contributed by atoms with Crippen molar-refractivity contribution in [2.24, 2.45) is 11.8 Å². The van der Waals surface area contributed by atoms with E-state index in [0.29, 0.717) is 12.1 Å². The molecule has 0 radical (unpaired) electrons. The summed E-state index contributed by atoms with van der Waals surface area (Å²) in [5.41, 5.74) is 7.26. The highest BCUT2D eigenvalue weighted by molar-refractivity contribution is 5.69. The SMILES string of the molecule is CC1=C(C2CCCC2)N(c2ccccc2)C(C2CCCC2)N1c1ccccc1C. The monoisotopic (exact) mass is 386 g/mol. The van der Waals surface area contributed by atoms with Crippen molar-refractivity contribution in [1.82, 2.24) is 0 Å². The summed E-state index contributed by atoms with van der Waals surface area (Å²) in [6.45, 7) is 4.67. The molecule has 2 fully saturated rings. The molecule has 0 amide bonds. The standard InChI is InChI=1S/C27H34N2/c1-20-12-6-11-19-25(20)28-21(2)26(22-13-7-8-14-22)29(24-17-4-3-5-18-24)27(28)23-15-9-10-16-23/h3-6,11-12,17-19,22-23,27H,7-10,13-16H2,1-2H3. The van der Waals surface area contributed by atoms with Crippen molar-refractivity contribution in [3.8, 4) is 0 Å². The fourth-order valence-electron chi connectivity index (χ4n) is 6.16. The molecule has 1 aliphatic heterocycles. The zero-order chi connectivity index (χ0) is 19.8. The molecule has 1 atom stereocenters. The van der Waals surface area contributed by atoms with Crippen molar-refractivity contribution in [2.75, 3.05) is 9.80 Å². The van der Waals surface area contributed by atoms with Gasteiger partial charge in [-0.15, -0.1) is 0 Å². The number of nitrogens with zero attached hydrogens (tertiary/aromatic N) is 2. The van der Waals surface area contributed by atoms with Crippen LogP contribution in [0.25, 0.3) is 0 Å². The lowest BCUT2D eigenvalue weighted by Crippen LogP contribution is -2.46. The van der Waals surface area contributed by atoms with Crippen LogP contribution in [-0.4, -0.2) is 6.17 Å². The van der Waals surface area contributed by atoms with Gasteiger partial charge in [0.1, 0.15) is 6.17 Å². The van der Waals surface area contributed by atoms with Crippen LogP contribution in [0.5, 0.6) is 0 Å². The van der Waals surface area contributed by atoms with Gasteiger partial charge in [0.2, 0.25) is 0 Å². The molecule has 2 saturated carbocycles. The third-order valence-electron chi connectivity index (χ3n) is 7.49. The van der Waals surface area contributed by atoms with E-state index in [2.05, 4.69) is 78.2 Å². The first kappa shape index (κ1) is 18.8. The van der Waals surface area contributed by atoms with E-state index in [4.69, 9.17) is 0 Å². The lowest BCUT2D eigenvalue weighted by Gasteiger charge is -2.40. The van der Waals surface area contributed by atoms with Gasteiger partial charge in [0.15, 0.2) is 0 Å². The van der Waals surface area contributed by atoms with Crippen LogP contribution < -0.4 is 9.80 Å². The Hall–Kier alpha value is -2.22. The summed E-state index contributed by atoms with van der Waals surface area (Å²) < 4.78 is 0. The lowest BCUT2D eigenvalue weighted by molar-refractivity contribution is 0.425. The summed E-state index contributed by atoms with van der Waals surface area (Å²) in [7, 11) is 0. The van der Waals surface area contributed by atoms with Crippen molar-refractivity contribution in [1.29, 1.82) is 0 Å². The smallest absolute Gasteiger partial charge is 0.113 e. The van der Waals surface area contributed by atoms with Gasteiger partial charge in [-0.25, -0.2) is 0 Å². The zero-order valence-electron chi connectivity index (χ0n) is 18.0. The Morgan fingerprint density at radius 2 is 1.31 bits per heavy atom. The van der Waals surface area contributed by atoms with E-state index in [9.17, 15) is 0 Å². The van der Waals surface area contributed by atoms with E-state index >= 15 is 0 Å². The van der Waals surface area contributed by atoms with Gasteiger partial charge in [0.05, 0.1) is 0 Å². The normalized spacial score (nSPS) is 23.6. The van der Waals surface area contributed by atoms with E-state index in [1.807, 2.05) is 0 Å². The van der Waals surface area contributed by atoms with E-state index in [1.165, 1.54) is 74.0 Å². The molecule has 2 heteroatoms. The van der Waals surface area contributed by atoms with Crippen molar-refractivity contribution in [2.45, 2.75) is 71.4 Å². The Morgan fingerprint density at radius 1 is 0.690 bits per heavy atom. The minimum Gasteiger partial charge on any atom is -0.322 e. The molecule has 0 aromatic heterocycles. The molecule has 2 nitrogen and oxygen atoms in total. The average molecular weight is 387 g/mol. The highest BCUT2D eigenvalue weighted by Gasteiger charge is 2.45. The topological polar surface area (TPSA) is 6.48 Å². The number of rotatable bonds is 4. The summed E-state index contributed by atoms with van der Waals surface area (Å²) in [4.78, 5) is 5.47. The van der Waals surface area contributed by atoms with Gasteiger partial charge in [-0.3, -0.25) is 0 Å². The molecule has 3 aliphatic rings. The first-order chi connectivity index (χ1) is 14.3. The van der Waals surface area contributed by atoms with Crippen LogP contribution in [0.3, 0.4) is 0 Å². The fourth-order valence-corrected chi connectivity index (χ4v) is 6.16. The molecule has 1 unspecified atom stereocenters. The second-order valence-electron chi connectivity index (χ2n) is 9.27. The predicted octanol–water partition coefficient (Wildman–Crippen LogP) is 7.26. The minimum atomic E-state index is 0.414. The first-order valence-corrected chi connectivity index (χ1v) is 11.7. The Kier molecular flexibility index (Phi) is 5.11. The summed E-state index contributed by atoms with van der Waals surface area (Å²) in [5, 5.41) is 0. The average Bonchev–Trinajstić information content (AvgIpc) is 3.49. The molecule has 0 bridgehead atoms. The number of benzene rings is 2. The quantitative estimate of drug-likeness (QED) is 0.545. The second-order valence-corrected chi connectivity index (χ2v) is 9.27. The summed E-state index contributed by atoms with van der Waals surface area (Å²) >= 11 is 0. The Bertz CT molecular complexity index is 872. The fraction of sp³-hybridized carbons (Fsp3) is 0.481. The molecule has 29 heavy (non-hydrogen) atoms. The van der Waals surface area contributed by atoms with Crippen LogP contribution in [-0.2, 0) is 0 Å². The summed E-state index contributed by atoms with van der Waals surface area (Å²) in [6.07, 6.45) is 11.3. The van der Waals surface area contributed by atoms with Gasteiger partial charge in [0.25, 0.3) is 0 Å². The number of anilines is 2. The molecular formula is C27H34N2. The molecule has 0 saturated heterocycles. The van der Waals surface area contributed by atoms with Crippen LogP contribution >= 0.6 is 0 Å². The maximum absolute atomic E-state index is 2.76. The molecule has 2 aliphatic carbocycles. The maximum atomic E-state index is 2.76. The Morgan fingerprint density at radius 3 is 2.00 bits per heavy atom. The summed E-state index contributed by atoms with van der Waals surface area (Å²) in [6, 6.07) is 20.2. The molecule has 0 N–H and O–H groups in total. The van der Waals surface area contributed by atoms with Gasteiger partial charge in [0, 0.05) is 28.7 Å². The van der Waals surface area contributed by atoms with Crippen molar-refractivity contribution < 1.29 is 0 Å². The zero-order valence-corrected chi connectivity index (χ0v) is 18.0. The molecule has 152 valence electrons. The molecule has 5 rings (SSSR count). The van der Waals surface area contributed by atoms with Crippen LogP contribution in [0.1, 0.15) is 63.9 Å². The van der Waals surface area contributed by atoms with Gasteiger partial charge in [-0.2, -0.15) is 0 Å². The van der Waals surface area contributed by atoms with Crippen LogP contribution in [0.15, 0.2) is 66.0 Å². The van der Waals surface area contributed by atoms with E-state index in [0.717, 1.165) is 5.92 Å². The maximum Gasteiger partial charge on any atom is 0.113 e. The third-order valence-corrected chi connectivity index (χ3v) is 7.49. The van der Waals surface area contributed by atoms with Gasteiger partial charge in [-0.1, -0.05) is 62.1 Å². The third kappa shape index (κ3) is 3.27. The number of aryl methyl sites for hydroxylation is 1. The molecular weight excluding hydrogens is 352 g/mol. The first-order valence-electron chi connectivity index (χ1n) is 11.7. The highest BCUT2D eigenvalue weighted by atomic mass is 15.4. The largest absolute Gasteiger partial charge is 0.322 e. The summed E-state index contributed by atoms with van der Waals surface area (Å²) in [5.74, 6) is 1.43. The second kappa shape index (κ2) is 7.89. The Balaban J connectivity index is 1.68. The van der Waals surface area contributed by atoms with Gasteiger partial charge in [-0.05, 0) is 69.2 Å². The van der Waals surface area contributed by atoms with Gasteiger partial charge < -0.3 is 9.80 Å². The number of allylic oxidation sites excluding steroid dienone is 2. The van der Waals surface area contributed by atoms with Crippen molar-refractivity contribution in [3.05, 3.63) is 71.6 Å². The molecule has 1 heterocycles. The van der Waals surface area contributed by atoms with Crippen LogP contribution in [0.2, 0.25) is 0 Å². The molecule has 2 aromatic rings. The number of para-hydroxylation sites is 2. The van der Waals surface area contributed by atoms with Crippen LogP contribution in [0.4, 0.5) is 11.4 Å². The molecule has 2 aromatic carbocycles.